The number of fused-ring (bicyclic) bond motifs is 1. The molecule has 5 rings (SSSR count). The van der Waals surface area contributed by atoms with Gasteiger partial charge >= 0.3 is 6.18 Å². The Kier molecular flexibility index (Phi) is 6.49. The van der Waals surface area contributed by atoms with Crippen LogP contribution in [0.2, 0.25) is 0 Å². The molecule has 198 valence electrons. The molecule has 1 aromatic carbocycles. The summed E-state index contributed by atoms with van der Waals surface area (Å²) in [6, 6.07) is 9.55. The molecule has 1 aliphatic heterocycles. The Bertz CT molecular complexity index is 1490. The number of nitrogens with one attached hydrogen (secondary N) is 1. The number of imidazole rings is 1. The molecule has 1 saturated heterocycles. The Morgan fingerprint density at radius 1 is 1.24 bits per heavy atom. The van der Waals surface area contributed by atoms with Crippen LogP contribution in [0.3, 0.4) is 0 Å². The first-order chi connectivity index (χ1) is 18.0. The van der Waals surface area contributed by atoms with Gasteiger partial charge in [0, 0.05) is 17.8 Å². The van der Waals surface area contributed by atoms with Crippen LogP contribution in [-0.4, -0.2) is 55.8 Å². The van der Waals surface area contributed by atoms with Gasteiger partial charge in [-0.25, -0.2) is 9.50 Å². The van der Waals surface area contributed by atoms with E-state index in [4.69, 9.17) is 14.2 Å². The summed E-state index contributed by atoms with van der Waals surface area (Å²) >= 11 is 0. The van der Waals surface area contributed by atoms with Crippen LogP contribution in [0.15, 0.2) is 48.7 Å². The van der Waals surface area contributed by atoms with E-state index in [1.54, 1.807) is 32.9 Å². The van der Waals surface area contributed by atoms with Crippen LogP contribution < -0.4 is 10.1 Å². The van der Waals surface area contributed by atoms with Gasteiger partial charge in [-0.3, -0.25) is 4.79 Å². The maximum Gasteiger partial charge on any atom is 0.417 e. The van der Waals surface area contributed by atoms with E-state index in [9.17, 15) is 18.0 Å². The second kappa shape index (κ2) is 9.65. The highest BCUT2D eigenvalue weighted by atomic mass is 19.4. The first-order valence-electron chi connectivity index (χ1n) is 11.6. The molecule has 0 unspecified atom stereocenters. The third-order valence-corrected chi connectivity index (χ3v) is 5.75. The fourth-order valence-electron chi connectivity index (χ4n) is 4.12. The number of ether oxygens (including phenoxy) is 3. The van der Waals surface area contributed by atoms with Gasteiger partial charge in [-0.05, 0) is 39.0 Å². The van der Waals surface area contributed by atoms with Gasteiger partial charge in [-0.1, -0.05) is 18.2 Å². The van der Waals surface area contributed by atoms with Crippen molar-refractivity contribution in [3.8, 4) is 17.0 Å². The molecule has 4 heterocycles. The largest absolute Gasteiger partial charge is 0.487 e. The van der Waals surface area contributed by atoms with Crippen molar-refractivity contribution in [3.63, 3.8) is 0 Å². The van der Waals surface area contributed by atoms with Crippen molar-refractivity contribution < 1.29 is 32.2 Å². The summed E-state index contributed by atoms with van der Waals surface area (Å²) in [5.74, 6) is -1.09. The number of amides is 1. The highest BCUT2D eigenvalue weighted by molar-refractivity contribution is 6.04. The van der Waals surface area contributed by atoms with Gasteiger partial charge in [0.05, 0.1) is 23.6 Å². The molecule has 1 N–H and O–H groups in total. The summed E-state index contributed by atoms with van der Waals surface area (Å²) < 4.78 is 60.0. The highest BCUT2D eigenvalue weighted by Gasteiger charge is 2.35. The number of anilines is 1. The molecule has 0 bridgehead atoms. The van der Waals surface area contributed by atoms with E-state index < -0.39 is 29.5 Å². The average molecular weight is 528 g/mol. The first kappa shape index (κ1) is 25.5. The molecular weight excluding hydrogens is 505 g/mol. The predicted octanol–water partition coefficient (Wildman–Crippen LogP) is 4.30. The third-order valence-electron chi connectivity index (χ3n) is 5.75. The van der Waals surface area contributed by atoms with Crippen molar-refractivity contribution in [3.05, 3.63) is 65.6 Å². The minimum Gasteiger partial charge on any atom is -0.487 e. The normalized spacial score (nSPS) is 17.1. The predicted molar refractivity (Wildman–Crippen MR) is 129 cm³/mol. The van der Waals surface area contributed by atoms with E-state index >= 15 is 0 Å². The van der Waals surface area contributed by atoms with Crippen LogP contribution in [0.25, 0.3) is 16.9 Å². The van der Waals surface area contributed by atoms with Gasteiger partial charge in [0.2, 0.25) is 0 Å². The van der Waals surface area contributed by atoms with Crippen molar-refractivity contribution in [2.75, 3.05) is 18.5 Å². The number of aromatic nitrogens is 5. The van der Waals surface area contributed by atoms with Gasteiger partial charge in [0.1, 0.15) is 12.7 Å². The van der Waals surface area contributed by atoms with Crippen LogP contribution in [0.1, 0.15) is 35.6 Å². The first-order valence-corrected chi connectivity index (χ1v) is 11.6. The Balaban J connectivity index is 1.61. The van der Waals surface area contributed by atoms with E-state index in [2.05, 4.69) is 25.6 Å². The molecule has 10 nitrogen and oxygen atoms in total. The number of hydrogen-bond acceptors (Lipinski definition) is 8. The topological polar surface area (TPSA) is 113 Å². The van der Waals surface area contributed by atoms with Crippen molar-refractivity contribution >= 4 is 17.4 Å². The molecule has 1 aliphatic rings. The monoisotopic (exact) mass is 528 g/mol. The van der Waals surface area contributed by atoms with E-state index in [1.165, 1.54) is 35.0 Å². The Morgan fingerprint density at radius 2 is 2.03 bits per heavy atom. The lowest BCUT2D eigenvalue weighted by Gasteiger charge is -2.18. The molecule has 1 atom stereocenters. The smallest absolute Gasteiger partial charge is 0.417 e. The lowest BCUT2D eigenvalue weighted by Crippen LogP contribution is -2.25. The zero-order chi connectivity index (χ0) is 27.1. The number of hydrogen-bond donors (Lipinski definition) is 1. The summed E-state index contributed by atoms with van der Waals surface area (Å²) in [6.45, 7) is 5.44. The standard InChI is InChI=1S/C25H23F3N6O4/c1-14-21(23(35)31-20-9-6-10-29-32-20)34-22(30-14)19(36-12-15-13-37-24(2,3)38-15)11-18(33-34)16-7-4-5-8-17(16)25(26,27)28/h4-11,15H,12-13H2,1-3H3,(H,31,32,35)/t15-/m0/s1. The molecule has 1 fully saturated rings. The van der Waals surface area contributed by atoms with Crippen LogP contribution >= 0.6 is 0 Å². The quantitative estimate of drug-likeness (QED) is 0.394. The summed E-state index contributed by atoms with van der Waals surface area (Å²) in [7, 11) is 0. The third kappa shape index (κ3) is 5.15. The van der Waals surface area contributed by atoms with Crippen molar-refractivity contribution in [1.82, 2.24) is 24.8 Å². The van der Waals surface area contributed by atoms with Crippen molar-refractivity contribution in [2.45, 2.75) is 38.8 Å². The number of carbonyl (C=O) groups is 1. The molecule has 1 amide bonds. The number of rotatable bonds is 6. The maximum atomic E-state index is 13.8. The van der Waals surface area contributed by atoms with Crippen LogP contribution in [0.5, 0.6) is 5.75 Å². The van der Waals surface area contributed by atoms with Crippen molar-refractivity contribution in [2.24, 2.45) is 0 Å². The van der Waals surface area contributed by atoms with Gasteiger partial charge in [0.15, 0.2) is 28.7 Å². The van der Waals surface area contributed by atoms with Gasteiger partial charge < -0.3 is 19.5 Å². The van der Waals surface area contributed by atoms with E-state index in [1.807, 2.05) is 0 Å². The zero-order valence-corrected chi connectivity index (χ0v) is 20.6. The zero-order valence-electron chi connectivity index (χ0n) is 20.6. The van der Waals surface area contributed by atoms with Crippen LogP contribution in [0, 0.1) is 6.92 Å². The minimum atomic E-state index is -4.63. The van der Waals surface area contributed by atoms with Crippen molar-refractivity contribution in [1.29, 1.82) is 0 Å². The lowest BCUT2D eigenvalue weighted by atomic mass is 10.0. The van der Waals surface area contributed by atoms with Gasteiger partial charge in [-0.15, -0.1) is 5.10 Å². The van der Waals surface area contributed by atoms with Gasteiger partial charge in [0.25, 0.3) is 5.91 Å². The molecule has 0 aliphatic carbocycles. The lowest BCUT2D eigenvalue weighted by molar-refractivity contribution is -0.141. The van der Waals surface area contributed by atoms with Crippen LogP contribution in [0.4, 0.5) is 19.0 Å². The summed E-state index contributed by atoms with van der Waals surface area (Å²) in [5, 5.41) is 14.6. The number of halogens is 3. The van der Waals surface area contributed by atoms with Gasteiger partial charge in [-0.2, -0.15) is 23.4 Å². The number of aryl methyl sites for hydroxylation is 1. The fraction of sp³-hybridized carbons (Fsp3) is 0.320. The SMILES string of the molecule is Cc1nc2c(OC[C@H]3COC(C)(C)O3)cc(-c3ccccc3C(F)(F)F)nn2c1C(=O)Nc1cccnn1. The molecule has 13 heteroatoms. The maximum absolute atomic E-state index is 13.8. The second-order valence-corrected chi connectivity index (χ2v) is 9.04. The summed E-state index contributed by atoms with van der Waals surface area (Å²) in [6.07, 6.45) is -3.60. The molecule has 0 saturated carbocycles. The molecular formula is C25H23F3N6O4. The minimum absolute atomic E-state index is 0.00317. The Labute approximate surface area is 214 Å². The molecule has 38 heavy (non-hydrogen) atoms. The number of nitrogens with zero attached hydrogens (tertiary/aromatic N) is 5. The Morgan fingerprint density at radius 3 is 2.71 bits per heavy atom. The molecule has 0 spiro atoms. The molecule has 3 aromatic heterocycles. The average Bonchev–Trinajstić information content (AvgIpc) is 3.40. The number of benzene rings is 1. The fourth-order valence-corrected chi connectivity index (χ4v) is 4.12. The number of alkyl halides is 3. The number of carbonyl (C=O) groups excluding carboxylic acids is 1. The highest BCUT2D eigenvalue weighted by Crippen LogP contribution is 2.38. The van der Waals surface area contributed by atoms with E-state index in [-0.39, 0.29) is 53.1 Å². The summed E-state index contributed by atoms with van der Waals surface area (Å²) in [4.78, 5) is 17.6. The second-order valence-electron chi connectivity index (χ2n) is 9.04. The van der Waals surface area contributed by atoms with E-state index in [0.717, 1.165) is 6.07 Å². The molecule has 4 aromatic rings. The molecule has 0 radical (unpaired) electrons. The Hall–Kier alpha value is -4.10. The van der Waals surface area contributed by atoms with E-state index in [0.29, 0.717) is 0 Å². The van der Waals surface area contributed by atoms with Crippen LogP contribution in [-0.2, 0) is 15.7 Å². The summed E-state index contributed by atoms with van der Waals surface area (Å²) in [5.41, 5.74) is -0.682.